The van der Waals surface area contributed by atoms with Gasteiger partial charge in [0.05, 0.1) is 0 Å². The van der Waals surface area contributed by atoms with Gasteiger partial charge in [-0.15, -0.1) is 0 Å². The van der Waals surface area contributed by atoms with Crippen LogP contribution in [0.25, 0.3) is 0 Å². The van der Waals surface area contributed by atoms with Crippen molar-refractivity contribution in [3.63, 3.8) is 0 Å². The van der Waals surface area contributed by atoms with Crippen LogP contribution in [-0.2, 0) is 15.7 Å². The molecule has 1 amide bonds. The first kappa shape index (κ1) is 24.6. The van der Waals surface area contributed by atoms with Gasteiger partial charge in [-0.1, -0.05) is 6.58 Å². The Morgan fingerprint density at radius 1 is 1.04 bits per heavy atom. The van der Waals surface area contributed by atoms with Gasteiger partial charge in [0.2, 0.25) is 0 Å². The van der Waals surface area contributed by atoms with Crippen LogP contribution in [-0.4, -0.2) is 44.9 Å². The molecular weight excluding hydrogens is 447 g/mol. The number of carbonyl (C=O) groups excluding carboxylic acids is 2. The second-order valence-electron chi connectivity index (χ2n) is 5.51. The number of ketones is 1. The van der Waals surface area contributed by atoms with Crippen molar-refractivity contribution in [1.82, 2.24) is 5.32 Å². The molecule has 3 nitrogen and oxygen atoms in total. The van der Waals surface area contributed by atoms with E-state index in [9.17, 15) is 30.4 Å². The molecule has 1 aromatic carbocycles. The van der Waals surface area contributed by atoms with Gasteiger partial charge in [-0.25, -0.2) is 0 Å². The molecule has 0 saturated heterocycles. The number of hydrogen-bond donors (Lipinski definition) is 1. The van der Waals surface area contributed by atoms with Crippen molar-refractivity contribution in [2.24, 2.45) is 0 Å². The van der Waals surface area contributed by atoms with Crippen LogP contribution in [0.5, 0.6) is 0 Å². The summed E-state index contributed by atoms with van der Waals surface area (Å²) in [6.45, 7) is 5.60. The van der Waals surface area contributed by atoms with Gasteiger partial charge in [0.25, 0.3) is 5.91 Å². The molecule has 0 spiro atoms. The van der Waals surface area contributed by atoms with E-state index < -0.39 is 14.2 Å². The van der Waals surface area contributed by atoms with Crippen molar-refractivity contribution in [2.45, 2.75) is 18.2 Å². The second-order valence-corrected chi connectivity index (χ2v) is 11.6. The van der Waals surface area contributed by atoms with E-state index in [2.05, 4.69) is 24.4 Å². The van der Waals surface area contributed by atoms with E-state index >= 15 is 0 Å². The fourth-order valence-electron chi connectivity index (χ4n) is 1.48. The van der Waals surface area contributed by atoms with Gasteiger partial charge >= 0.3 is 35.0 Å². The number of carbonyl (C=O) groups is 2. The summed E-state index contributed by atoms with van der Waals surface area (Å²) < 4.78 is 59.4. The first-order chi connectivity index (χ1) is 11.4. The Bertz CT molecular complexity index is 660. The van der Waals surface area contributed by atoms with Crippen molar-refractivity contribution in [3.8, 4) is 0 Å². The summed E-state index contributed by atoms with van der Waals surface area (Å²) in [6, 6.07) is 7.57. The molecule has 150 valence electrons. The summed E-state index contributed by atoms with van der Waals surface area (Å²) in [7, 11) is 0.197. The predicted octanol–water partition coefficient (Wildman–Crippen LogP) is 4.33. The molecule has 0 bridgehead atoms. The third-order valence-electron chi connectivity index (χ3n) is 2.70. The first-order valence-electron chi connectivity index (χ1n) is 7.08. The number of benzene rings is 1. The average molecular weight is 467 g/mol. The van der Waals surface area contributed by atoms with E-state index in [0.29, 0.717) is 24.1 Å². The summed E-state index contributed by atoms with van der Waals surface area (Å²) in [5, 5.41) is 2.73. The Labute approximate surface area is 152 Å². The van der Waals surface area contributed by atoms with Gasteiger partial charge in [0, 0.05) is 29.4 Å². The van der Waals surface area contributed by atoms with E-state index in [0.717, 1.165) is 0 Å². The van der Waals surface area contributed by atoms with E-state index in [4.69, 9.17) is 0 Å². The second kappa shape index (κ2) is 8.08. The number of nitrogens with one attached hydrogen (secondary N) is 1. The quantitative estimate of drug-likeness (QED) is 0.293. The van der Waals surface area contributed by atoms with Crippen LogP contribution in [0.3, 0.4) is 0 Å². The molecule has 0 atom stereocenters. The SMILES string of the molecule is C=C(C)C(=O)CCNC(=O)c1ccc([S+](C)C)cc1.F[As-](F)(F)(F)(F)F. The minimum atomic E-state index is -11.1. The summed E-state index contributed by atoms with van der Waals surface area (Å²) in [4.78, 5) is 24.4. The molecule has 0 radical (unpaired) electrons. The fraction of sp³-hybridized carbons (Fsp3) is 0.333. The summed E-state index contributed by atoms with van der Waals surface area (Å²) in [5.74, 6) is -0.162. The van der Waals surface area contributed by atoms with Crippen molar-refractivity contribution in [3.05, 3.63) is 42.0 Å². The molecule has 26 heavy (non-hydrogen) atoms. The zero-order valence-electron chi connectivity index (χ0n) is 14.4. The predicted molar refractivity (Wildman–Crippen MR) is 93.1 cm³/mol. The van der Waals surface area contributed by atoms with Crippen molar-refractivity contribution >= 4 is 36.8 Å². The van der Waals surface area contributed by atoms with Crippen LogP contribution < -0.4 is 5.32 Å². The summed E-state index contributed by atoms with van der Waals surface area (Å²) in [6.07, 6.45) is 4.57. The maximum absolute atomic E-state index is 11.8. The number of amides is 1. The molecule has 0 aliphatic rings. The Hall–Kier alpha value is -1.41. The van der Waals surface area contributed by atoms with E-state index in [1.165, 1.54) is 4.90 Å². The van der Waals surface area contributed by atoms with Crippen LogP contribution >= 0.6 is 0 Å². The van der Waals surface area contributed by atoms with Gasteiger partial charge in [0.15, 0.2) is 10.7 Å². The number of rotatable bonds is 6. The van der Waals surface area contributed by atoms with Crippen LogP contribution in [0.15, 0.2) is 41.3 Å². The molecule has 0 aliphatic heterocycles. The Morgan fingerprint density at radius 2 is 1.46 bits per heavy atom. The van der Waals surface area contributed by atoms with E-state index in [-0.39, 0.29) is 22.6 Å². The van der Waals surface area contributed by atoms with Gasteiger partial charge in [-0.2, -0.15) is 0 Å². The fourth-order valence-corrected chi connectivity index (χ4v) is 2.16. The number of allylic oxidation sites excluding steroid dienone is 1. The van der Waals surface area contributed by atoms with Crippen LogP contribution in [0.4, 0.5) is 20.8 Å². The number of hydrogen-bond acceptors (Lipinski definition) is 2. The number of halogens is 6. The minimum absolute atomic E-state index is 0.0170. The average Bonchev–Trinajstić information content (AvgIpc) is 2.43. The molecule has 1 aromatic rings. The summed E-state index contributed by atoms with van der Waals surface area (Å²) in [5.41, 5.74) is 1.15. The summed E-state index contributed by atoms with van der Waals surface area (Å²) >= 11 is -11.1. The van der Waals surface area contributed by atoms with Gasteiger partial charge in [-0.05, 0) is 36.8 Å². The van der Waals surface area contributed by atoms with E-state index in [1.54, 1.807) is 6.92 Å². The molecular formula is C15H20AsF6NO2S. The monoisotopic (exact) mass is 467 g/mol. The molecule has 0 unspecified atom stereocenters. The van der Waals surface area contributed by atoms with Crippen molar-refractivity contribution in [2.75, 3.05) is 19.1 Å². The first-order valence-corrected chi connectivity index (χ1v) is 13.4. The molecule has 1 N–H and O–H groups in total. The van der Waals surface area contributed by atoms with Crippen LogP contribution in [0.2, 0.25) is 0 Å². The van der Waals surface area contributed by atoms with Gasteiger partial charge < -0.3 is 5.32 Å². The Morgan fingerprint density at radius 3 is 1.81 bits per heavy atom. The molecule has 0 fully saturated rings. The molecule has 0 heterocycles. The van der Waals surface area contributed by atoms with Gasteiger partial charge in [-0.3, -0.25) is 9.59 Å². The van der Waals surface area contributed by atoms with E-state index in [1.807, 2.05) is 24.3 Å². The normalized spacial score (nSPS) is 13.8. The molecule has 0 aromatic heterocycles. The Kier molecular flexibility index (Phi) is 7.64. The zero-order valence-corrected chi connectivity index (χ0v) is 17.1. The van der Waals surface area contributed by atoms with Crippen LogP contribution in [0.1, 0.15) is 23.7 Å². The number of Topliss-reactive ketones (excluding diaryl/α,β-unsaturated/α-hetero) is 1. The van der Waals surface area contributed by atoms with Crippen LogP contribution in [0, 0.1) is 0 Å². The molecule has 11 heteroatoms. The maximum atomic E-state index is 11.8. The standard InChI is InChI=1S/C15H19NO2S.AsF6/c1-11(2)14(17)9-10-16-15(18)12-5-7-13(8-6-12)19(3)4;2-1(3,4,5,6)7/h5-8H,1,9-10H2,2-4H3;/q;-1/p+1. The third-order valence-corrected chi connectivity index (χ3v) is 3.92. The van der Waals surface area contributed by atoms with Crippen molar-refractivity contribution in [1.29, 1.82) is 0 Å². The molecule has 0 aliphatic carbocycles. The van der Waals surface area contributed by atoms with Gasteiger partial charge in [0.1, 0.15) is 12.5 Å². The molecule has 0 saturated carbocycles. The topological polar surface area (TPSA) is 46.2 Å². The third kappa shape index (κ3) is 14.9. The Balaban J connectivity index is 0.000000758. The molecule has 1 rings (SSSR count). The van der Waals surface area contributed by atoms with Crippen molar-refractivity contribution < 1.29 is 30.4 Å². The zero-order chi connectivity index (χ0) is 20.8.